The van der Waals surface area contributed by atoms with Crippen molar-refractivity contribution in [2.45, 2.75) is 6.92 Å². The third kappa shape index (κ3) is 2.52. The molecule has 0 saturated heterocycles. The number of nitrogens with zero attached hydrogens (tertiary/aromatic N) is 1. The average Bonchev–Trinajstić information content (AvgIpc) is 2.62. The van der Waals surface area contributed by atoms with Crippen LogP contribution in [0.3, 0.4) is 0 Å². The van der Waals surface area contributed by atoms with Crippen LogP contribution in [-0.2, 0) is 0 Å². The van der Waals surface area contributed by atoms with Crippen molar-refractivity contribution >= 4 is 10.9 Å². The summed E-state index contributed by atoms with van der Waals surface area (Å²) in [4.78, 5) is 4.76. The molecule has 24 heavy (non-hydrogen) atoms. The van der Waals surface area contributed by atoms with E-state index in [1.807, 2.05) is 37.3 Å². The molecular formula is C22H17NO. The summed E-state index contributed by atoms with van der Waals surface area (Å²) in [6.07, 6.45) is 0. The number of para-hydroxylation sites is 1. The normalized spacial score (nSPS) is 10.9. The van der Waals surface area contributed by atoms with Gasteiger partial charge < -0.3 is 5.11 Å². The Kier molecular flexibility index (Phi) is 3.51. The summed E-state index contributed by atoms with van der Waals surface area (Å²) in [5, 5.41) is 10.7. The molecule has 0 aliphatic heterocycles. The average molecular weight is 311 g/mol. The van der Waals surface area contributed by atoms with Crippen LogP contribution in [0.15, 0.2) is 78.9 Å². The van der Waals surface area contributed by atoms with Gasteiger partial charge in [0, 0.05) is 16.6 Å². The summed E-state index contributed by atoms with van der Waals surface area (Å²) in [6, 6.07) is 26.1. The van der Waals surface area contributed by atoms with Crippen molar-refractivity contribution in [3.63, 3.8) is 0 Å². The predicted octanol–water partition coefficient (Wildman–Crippen LogP) is 5.58. The topological polar surface area (TPSA) is 33.1 Å². The highest BCUT2D eigenvalue weighted by atomic mass is 16.3. The second-order valence-corrected chi connectivity index (χ2v) is 5.92. The Morgan fingerprint density at radius 3 is 2.17 bits per heavy atom. The summed E-state index contributed by atoms with van der Waals surface area (Å²) in [5.74, 6) is 0.277. The van der Waals surface area contributed by atoms with E-state index >= 15 is 0 Å². The first-order chi connectivity index (χ1) is 11.7. The molecule has 1 heterocycles. The molecule has 0 aliphatic rings. The Morgan fingerprint density at radius 1 is 0.667 bits per heavy atom. The third-order valence-electron chi connectivity index (χ3n) is 4.26. The Labute approximate surface area is 141 Å². The zero-order chi connectivity index (χ0) is 16.5. The van der Waals surface area contributed by atoms with Gasteiger partial charge in [0.1, 0.15) is 5.75 Å². The van der Waals surface area contributed by atoms with Crippen LogP contribution in [0.2, 0.25) is 0 Å². The number of aryl methyl sites for hydroxylation is 1. The summed E-state index contributed by atoms with van der Waals surface area (Å²) in [7, 11) is 0. The Balaban J connectivity index is 1.98. The number of hydrogen-bond acceptors (Lipinski definition) is 2. The van der Waals surface area contributed by atoms with Gasteiger partial charge in [0.05, 0.1) is 5.52 Å². The van der Waals surface area contributed by atoms with Gasteiger partial charge in [0.2, 0.25) is 0 Å². The molecule has 4 aromatic rings. The van der Waals surface area contributed by atoms with Crippen LogP contribution in [0.25, 0.3) is 33.2 Å². The summed E-state index contributed by atoms with van der Waals surface area (Å²) in [5.41, 5.74) is 6.51. The minimum atomic E-state index is 0.277. The molecule has 2 heteroatoms. The van der Waals surface area contributed by atoms with Crippen molar-refractivity contribution in [3.8, 4) is 28.0 Å². The highest BCUT2D eigenvalue weighted by Gasteiger charge is 2.11. The SMILES string of the molecule is Cc1ccc2cccc(-c3ccccc3-c3ccc(O)cc3)c2n1. The van der Waals surface area contributed by atoms with Crippen LogP contribution in [-0.4, -0.2) is 10.1 Å². The molecule has 0 fully saturated rings. The summed E-state index contributed by atoms with van der Waals surface area (Å²) in [6.45, 7) is 2.02. The lowest BCUT2D eigenvalue weighted by Gasteiger charge is -2.12. The molecule has 4 rings (SSSR count). The molecule has 3 aromatic carbocycles. The number of aromatic hydroxyl groups is 1. The quantitative estimate of drug-likeness (QED) is 0.524. The molecule has 1 N–H and O–H groups in total. The molecule has 0 saturated carbocycles. The second kappa shape index (κ2) is 5.82. The van der Waals surface area contributed by atoms with E-state index in [1.165, 1.54) is 0 Å². The van der Waals surface area contributed by atoms with Crippen LogP contribution in [0, 0.1) is 6.92 Å². The zero-order valence-corrected chi connectivity index (χ0v) is 13.4. The van der Waals surface area contributed by atoms with Crippen molar-refractivity contribution in [1.82, 2.24) is 4.98 Å². The van der Waals surface area contributed by atoms with Crippen LogP contribution in [0.1, 0.15) is 5.69 Å². The molecule has 0 radical (unpaired) electrons. The fourth-order valence-electron chi connectivity index (χ4n) is 3.07. The monoisotopic (exact) mass is 311 g/mol. The van der Waals surface area contributed by atoms with E-state index < -0.39 is 0 Å². The lowest BCUT2D eigenvalue weighted by atomic mass is 9.93. The van der Waals surface area contributed by atoms with Gasteiger partial charge >= 0.3 is 0 Å². The van der Waals surface area contributed by atoms with Crippen molar-refractivity contribution in [3.05, 3.63) is 84.6 Å². The fourth-order valence-corrected chi connectivity index (χ4v) is 3.07. The maximum atomic E-state index is 9.55. The maximum absolute atomic E-state index is 9.55. The van der Waals surface area contributed by atoms with Crippen molar-refractivity contribution in [2.75, 3.05) is 0 Å². The number of aromatic nitrogens is 1. The van der Waals surface area contributed by atoms with E-state index in [9.17, 15) is 5.11 Å². The minimum absolute atomic E-state index is 0.277. The van der Waals surface area contributed by atoms with Crippen LogP contribution in [0.5, 0.6) is 5.75 Å². The van der Waals surface area contributed by atoms with Crippen LogP contribution >= 0.6 is 0 Å². The first-order valence-corrected chi connectivity index (χ1v) is 7.97. The van der Waals surface area contributed by atoms with Crippen LogP contribution < -0.4 is 0 Å². The number of benzene rings is 3. The number of hydrogen-bond donors (Lipinski definition) is 1. The van der Waals surface area contributed by atoms with Gasteiger partial charge in [-0.3, -0.25) is 4.98 Å². The number of phenols is 1. The Hall–Kier alpha value is -3.13. The molecule has 0 unspecified atom stereocenters. The molecule has 2 nitrogen and oxygen atoms in total. The van der Waals surface area contributed by atoms with Crippen LogP contribution in [0.4, 0.5) is 0 Å². The predicted molar refractivity (Wildman–Crippen MR) is 99.0 cm³/mol. The zero-order valence-electron chi connectivity index (χ0n) is 13.4. The third-order valence-corrected chi connectivity index (χ3v) is 4.26. The molecule has 0 aliphatic carbocycles. The van der Waals surface area contributed by atoms with Gasteiger partial charge in [-0.25, -0.2) is 0 Å². The second-order valence-electron chi connectivity index (χ2n) is 5.92. The standard InChI is InChI=1S/C22H17NO/c1-15-9-10-17-5-4-8-21(22(17)23-15)20-7-3-2-6-19(20)16-11-13-18(24)14-12-16/h2-14,24H,1H3. The fraction of sp³-hybridized carbons (Fsp3) is 0.0455. The van der Waals surface area contributed by atoms with Crippen molar-refractivity contribution < 1.29 is 5.11 Å². The largest absolute Gasteiger partial charge is 0.508 e. The molecule has 116 valence electrons. The Morgan fingerprint density at radius 2 is 1.38 bits per heavy atom. The van der Waals surface area contributed by atoms with Crippen molar-refractivity contribution in [1.29, 1.82) is 0 Å². The smallest absolute Gasteiger partial charge is 0.115 e. The van der Waals surface area contributed by atoms with E-state index in [0.29, 0.717) is 0 Å². The summed E-state index contributed by atoms with van der Waals surface area (Å²) < 4.78 is 0. The van der Waals surface area contributed by atoms with E-state index in [1.54, 1.807) is 12.1 Å². The molecule has 0 atom stereocenters. The van der Waals surface area contributed by atoms with E-state index in [-0.39, 0.29) is 5.75 Å². The van der Waals surface area contributed by atoms with Gasteiger partial charge in [-0.1, -0.05) is 60.7 Å². The van der Waals surface area contributed by atoms with Gasteiger partial charge in [-0.15, -0.1) is 0 Å². The maximum Gasteiger partial charge on any atom is 0.115 e. The highest BCUT2D eigenvalue weighted by molar-refractivity contribution is 5.98. The van der Waals surface area contributed by atoms with Gasteiger partial charge in [-0.2, -0.15) is 0 Å². The van der Waals surface area contributed by atoms with E-state index in [0.717, 1.165) is 38.9 Å². The first kappa shape index (κ1) is 14.5. The summed E-state index contributed by atoms with van der Waals surface area (Å²) >= 11 is 0. The highest BCUT2D eigenvalue weighted by Crippen LogP contribution is 2.35. The number of pyridine rings is 1. The van der Waals surface area contributed by atoms with Gasteiger partial charge in [0.25, 0.3) is 0 Å². The molecular weight excluding hydrogens is 294 g/mol. The van der Waals surface area contributed by atoms with Gasteiger partial charge in [0.15, 0.2) is 0 Å². The van der Waals surface area contributed by atoms with E-state index in [2.05, 4.69) is 36.4 Å². The van der Waals surface area contributed by atoms with Crippen molar-refractivity contribution in [2.24, 2.45) is 0 Å². The molecule has 1 aromatic heterocycles. The lowest BCUT2D eigenvalue weighted by molar-refractivity contribution is 0.475. The number of fused-ring (bicyclic) bond motifs is 1. The van der Waals surface area contributed by atoms with Gasteiger partial charge in [-0.05, 0) is 41.8 Å². The molecule has 0 amide bonds. The number of rotatable bonds is 2. The number of phenolic OH excluding ortho intramolecular Hbond substituents is 1. The Bertz CT molecular complexity index is 1020. The first-order valence-electron chi connectivity index (χ1n) is 7.97. The van der Waals surface area contributed by atoms with E-state index in [4.69, 9.17) is 4.98 Å². The molecule has 0 spiro atoms. The minimum Gasteiger partial charge on any atom is -0.508 e. The molecule has 0 bridgehead atoms. The lowest BCUT2D eigenvalue weighted by Crippen LogP contribution is -1.90.